The summed E-state index contributed by atoms with van der Waals surface area (Å²) < 4.78 is 0. The Kier molecular flexibility index (Phi) is 9.14. The molecule has 0 radical (unpaired) electrons. The van der Waals surface area contributed by atoms with Crippen molar-refractivity contribution in [3.63, 3.8) is 0 Å². The van der Waals surface area contributed by atoms with Crippen LogP contribution in [0.3, 0.4) is 0 Å². The van der Waals surface area contributed by atoms with Crippen LogP contribution in [0.25, 0.3) is 0 Å². The Morgan fingerprint density at radius 2 is 1.90 bits per heavy atom. The second-order valence-corrected chi connectivity index (χ2v) is 7.64. The summed E-state index contributed by atoms with van der Waals surface area (Å²) in [6.07, 6.45) is 4.01. The maximum absolute atomic E-state index is 12.5. The fourth-order valence-electron chi connectivity index (χ4n) is 3.67. The van der Waals surface area contributed by atoms with Crippen LogP contribution in [0.5, 0.6) is 0 Å². The van der Waals surface area contributed by atoms with Crippen LogP contribution in [-0.4, -0.2) is 52.2 Å². The van der Waals surface area contributed by atoms with Gasteiger partial charge in [0, 0.05) is 24.9 Å². The van der Waals surface area contributed by atoms with Crippen molar-refractivity contribution in [3.05, 3.63) is 65.0 Å². The molecule has 2 aromatic rings. The van der Waals surface area contributed by atoms with E-state index in [1.54, 1.807) is 12.3 Å². The topological polar surface area (TPSA) is 129 Å². The van der Waals surface area contributed by atoms with Crippen LogP contribution in [-0.2, 0) is 16.0 Å². The molecule has 0 unspecified atom stereocenters. The monoisotopic (exact) mass is 427 g/mol. The average molecular weight is 428 g/mol. The summed E-state index contributed by atoms with van der Waals surface area (Å²) in [5.41, 5.74) is 3.77. The van der Waals surface area contributed by atoms with E-state index in [4.69, 9.17) is 9.90 Å². The van der Waals surface area contributed by atoms with Crippen molar-refractivity contribution in [2.24, 2.45) is 5.92 Å². The van der Waals surface area contributed by atoms with Crippen molar-refractivity contribution in [1.82, 2.24) is 15.6 Å². The Labute approximate surface area is 181 Å². The van der Waals surface area contributed by atoms with Crippen molar-refractivity contribution in [2.45, 2.75) is 45.3 Å². The number of rotatable bonds is 6. The third-order valence-corrected chi connectivity index (χ3v) is 5.31. The number of pyridine rings is 1. The van der Waals surface area contributed by atoms with E-state index >= 15 is 0 Å². The SMILES string of the molecule is Cc1cncc(C(=O)N[C@@H]2C[C@H](C(=O)NCCc3ccccc3C)C[C@H]2O)c1.O=CO. The minimum absolute atomic E-state index is 0.0680. The molecule has 8 nitrogen and oxygen atoms in total. The third-order valence-electron chi connectivity index (χ3n) is 5.31. The molecule has 1 fully saturated rings. The molecule has 0 saturated heterocycles. The molecule has 3 atom stereocenters. The van der Waals surface area contributed by atoms with Gasteiger partial charge >= 0.3 is 0 Å². The summed E-state index contributed by atoms with van der Waals surface area (Å²) in [6, 6.07) is 9.43. The zero-order valence-corrected chi connectivity index (χ0v) is 17.7. The van der Waals surface area contributed by atoms with Gasteiger partial charge in [0.05, 0.1) is 17.7 Å². The maximum Gasteiger partial charge on any atom is 0.290 e. The van der Waals surface area contributed by atoms with Gasteiger partial charge in [-0.1, -0.05) is 24.3 Å². The van der Waals surface area contributed by atoms with Crippen molar-refractivity contribution in [3.8, 4) is 0 Å². The molecule has 1 saturated carbocycles. The van der Waals surface area contributed by atoms with Crippen molar-refractivity contribution < 1.29 is 24.6 Å². The molecule has 31 heavy (non-hydrogen) atoms. The van der Waals surface area contributed by atoms with Crippen LogP contribution in [0.1, 0.15) is 39.9 Å². The summed E-state index contributed by atoms with van der Waals surface area (Å²) in [4.78, 5) is 37.2. The Bertz CT molecular complexity index is 902. The van der Waals surface area contributed by atoms with Gasteiger partial charge in [-0.25, -0.2) is 0 Å². The molecule has 0 bridgehead atoms. The highest BCUT2D eigenvalue weighted by atomic mass is 16.3. The van der Waals surface area contributed by atoms with Gasteiger partial charge < -0.3 is 20.8 Å². The van der Waals surface area contributed by atoms with Crippen LogP contribution in [0.15, 0.2) is 42.7 Å². The predicted octanol–water partition coefficient (Wildman–Crippen LogP) is 1.63. The number of aliphatic hydroxyl groups is 1. The number of amides is 2. The van der Waals surface area contributed by atoms with Crippen LogP contribution in [0.4, 0.5) is 0 Å². The minimum Gasteiger partial charge on any atom is -0.483 e. The number of nitrogens with zero attached hydrogens (tertiary/aromatic N) is 1. The normalized spacial score (nSPS) is 19.6. The number of hydrogen-bond donors (Lipinski definition) is 4. The molecule has 166 valence electrons. The first-order valence-corrected chi connectivity index (χ1v) is 10.2. The quantitative estimate of drug-likeness (QED) is 0.519. The van der Waals surface area contributed by atoms with Crippen molar-refractivity contribution in [2.75, 3.05) is 6.54 Å². The first kappa shape index (κ1) is 24.0. The molecule has 1 aromatic carbocycles. The van der Waals surface area contributed by atoms with Gasteiger partial charge in [-0.15, -0.1) is 0 Å². The number of aromatic nitrogens is 1. The first-order valence-electron chi connectivity index (χ1n) is 10.2. The summed E-state index contributed by atoms with van der Waals surface area (Å²) in [5, 5.41) is 23.0. The van der Waals surface area contributed by atoms with Crippen molar-refractivity contribution >= 4 is 18.3 Å². The second-order valence-electron chi connectivity index (χ2n) is 7.64. The second kappa shape index (κ2) is 11.8. The van der Waals surface area contributed by atoms with Gasteiger partial charge in [-0.05, 0) is 55.9 Å². The average Bonchev–Trinajstić information content (AvgIpc) is 3.10. The first-order chi connectivity index (χ1) is 14.8. The molecular formula is C23H29N3O5. The van der Waals surface area contributed by atoms with Crippen molar-refractivity contribution in [1.29, 1.82) is 0 Å². The molecule has 2 amide bonds. The number of carboxylic acid groups (broad SMARTS) is 1. The zero-order chi connectivity index (χ0) is 22.8. The highest BCUT2D eigenvalue weighted by Crippen LogP contribution is 2.26. The van der Waals surface area contributed by atoms with Crippen LogP contribution in [0.2, 0.25) is 0 Å². The number of aliphatic hydroxyl groups excluding tert-OH is 1. The molecule has 8 heteroatoms. The summed E-state index contributed by atoms with van der Waals surface area (Å²) in [5.74, 6) is -0.643. The van der Waals surface area contributed by atoms with Crippen LogP contribution < -0.4 is 10.6 Å². The van der Waals surface area contributed by atoms with Gasteiger partial charge in [0.2, 0.25) is 5.91 Å². The van der Waals surface area contributed by atoms with Gasteiger partial charge in [-0.3, -0.25) is 19.4 Å². The standard InChI is InChI=1S/C22H27N3O3.CH2O2/c1-14-9-18(13-23-12-14)22(28)25-19-10-17(11-20(19)26)21(27)24-8-7-16-6-4-3-5-15(16)2;2-1-3/h3-6,9,12-13,17,19-20,26H,7-8,10-11H2,1-2H3,(H,24,27)(H,25,28);1H,(H,2,3)/t17-,19+,20+;/m0./s1. The fourth-order valence-corrected chi connectivity index (χ4v) is 3.67. The summed E-state index contributed by atoms with van der Waals surface area (Å²) >= 11 is 0. The lowest BCUT2D eigenvalue weighted by Crippen LogP contribution is -2.40. The zero-order valence-electron chi connectivity index (χ0n) is 17.7. The van der Waals surface area contributed by atoms with Gasteiger partial charge in [0.1, 0.15) is 0 Å². The summed E-state index contributed by atoms with van der Waals surface area (Å²) in [7, 11) is 0. The van der Waals surface area contributed by atoms with E-state index in [2.05, 4.69) is 34.7 Å². The summed E-state index contributed by atoms with van der Waals surface area (Å²) in [6.45, 7) is 4.23. The fraction of sp³-hybridized carbons (Fsp3) is 0.391. The van der Waals surface area contributed by atoms with E-state index in [-0.39, 0.29) is 24.2 Å². The highest BCUT2D eigenvalue weighted by molar-refractivity contribution is 5.94. The van der Waals surface area contributed by atoms with E-state index in [9.17, 15) is 14.7 Å². The number of nitrogens with one attached hydrogen (secondary N) is 2. The number of aryl methyl sites for hydroxylation is 2. The van der Waals surface area contributed by atoms with Gasteiger partial charge in [0.25, 0.3) is 12.4 Å². The largest absolute Gasteiger partial charge is 0.483 e. The Morgan fingerprint density at radius 1 is 1.19 bits per heavy atom. The van der Waals surface area contributed by atoms with Crippen LogP contribution >= 0.6 is 0 Å². The Hall–Kier alpha value is -3.26. The van der Waals surface area contributed by atoms with Crippen LogP contribution in [0, 0.1) is 19.8 Å². The number of hydrogen-bond acceptors (Lipinski definition) is 5. The van der Waals surface area contributed by atoms with Gasteiger partial charge in [-0.2, -0.15) is 0 Å². The highest BCUT2D eigenvalue weighted by Gasteiger charge is 2.37. The maximum atomic E-state index is 12.5. The molecular weight excluding hydrogens is 398 g/mol. The lowest BCUT2D eigenvalue weighted by Gasteiger charge is -2.16. The molecule has 1 aliphatic rings. The van der Waals surface area contributed by atoms with E-state index in [1.165, 1.54) is 17.3 Å². The third kappa shape index (κ3) is 7.18. The smallest absolute Gasteiger partial charge is 0.290 e. The number of carbonyl (C=O) groups is 3. The Balaban J connectivity index is 0.00000107. The van der Waals surface area contributed by atoms with E-state index in [0.717, 1.165) is 12.0 Å². The lowest BCUT2D eigenvalue weighted by atomic mass is 10.0. The van der Waals surface area contributed by atoms with E-state index in [1.807, 2.05) is 19.1 Å². The molecule has 3 rings (SSSR count). The molecule has 1 aliphatic carbocycles. The van der Waals surface area contributed by atoms with E-state index < -0.39 is 12.1 Å². The number of carbonyl (C=O) groups excluding carboxylic acids is 2. The Morgan fingerprint density at radius 3 is 2.58 bits per heavy atom. The predicted molar refractivity (Wildman–Crippen MR) is 116 cm³/mol. The lowest BCUT2D eigenvalue weighted by molar-refractivity contribution is -0.125. The molecule has 0 spiro atoms. The minimum atomic E-state index is -0.728. The molecule has 1 heterocycles. The molecule has 1 aromatic heterocycles. The van der Waals surface area contributed by atoms with Gasteiger partial charge in [0.15, 0.2) is 0 Å². The number of benzene rings is 1. The molecule has 0 aliphatic heterocycles. The van der Waals surface area contributed by atoms with E-state index in [0.29, 0.717) is 24.9 Å². The molecule has 4 N–H and O–H groups in total.